The maximum absolute atomic E-state index is 13.2. The second kappa shape index (κ2) is 10.3. The van der Waals surface area contributed by atoms with Crippen molar-refractivity contribution in [2.45, 2.75) is 97.0 Å². The molecular weight excluding hydrogens is 434 g/mol. The van der Waals surface area contributed by atoms with Crippen LogP contribution in [0.1, 0.15) is 72.8 Å². The Bertz CT molecular complexity index is 860. The fourth-order valence-corrected chi connectivity index (χ4v) is 3.73. The predicted molar refractivity (Wildman–Crippen MR) is 129 cm³/mol. The van der Waals surface area contributed by atoms with E-state index in [0.717, 1.165) is 31.2 Å². The number of ether oxygens (including phenoxy) is 4. The minimum Gasteiger partial charge on any atom is -0.474 e. The summed E-state index contributed by atoms with van der Waals surface area (Å²) >= 11 is 0. The molecular formula is C27H39NO6. The van der Waals surface area contributed by atoms with E-state index in [1.165, 1.54) is 0 Å². The second-order valence-electron chi connectivity index (χ2n) is 11.3. The Kier molecular flexibility index (Phi) is 7.84. The van der Waals surface area contributed by atoms with Gasteiger partial charge in [-0.3, -0.25) is 0 Å². The molecule has 0 saturated heterocycles. The molecule has 188 valence electrons. The molecule has 0 unspecified atom stereocenters. The molecule has 2 aliphatic carbocycles. The number of nitrogens with one attached hydrogen (secondary N) is 1. The van der Waals surface area contributed by atoms with Gasteiger partial charge in [-0.1, -0.05) is 12.1 Å². The summed E-state index contributed by atoms with van der Waals surface area (Å²) in [7, 11) is 0. The first-order valence-corrected chi connectivity index (χ1v) is 12.1. The van der Waals surface area contributed by atoms with E-state index in [0.29, 0.717) is 29.9 Å². The van der Waals surface area contributed by atoms with Crippen molar-refractivity contribution in [3.63, 3.8) is 0 Å². The van der Waals surface area contributed by atoms with Crippen molar-refractivity contribution in [3.05, 3.63) is 42.3 Å². The molecule has 2 saturated carbocycles. The molecule has 0 heterocycles. The van der Waals surface area contributed by atoms with Crippen LogP contribution in [0, 0.1) is 11.8 Å². The van der Waals surface area contributed by atoms with Gasteiger partial charge >= 0.3 is 12.1 Å². The van der Waals surface area contributed by atoms with Crippen LogP contribution in [0.2, 0.25) is 0 Å². The van der Waals surface area contributed by atoms with Gasteiger partial charge in [0.15, 0.2) is 5.88 Å². The Balaban J connectivity index is 1.65. The van der Waals surface area contributed by atoms with Gasteiger partial charge in [-0.2, -0.15) is 0 Å². The highest BCUT2D eigenvalue weighted by Gasteiger charge is 2.44. The molecule has 3 rings (SSSR count). The average Bonchev–Trinajstić information content (AvgIpc) is 3.58. The van der Waals surface area contributed by atoms with Crippen molar-refractivity contribution in [1.82, 2.24) is 5.32 Å². The lowest BCUT2D eigenvalue weighted by molar-refractivity contribution is -0.154. The lowest BCUT2D eigenvalue weighted by Gasteiger charge is -2.27. The van der Waals surface area contributed by atoms with Crippen molar-refractivity contribution in [1.29, 1.82) is 0 Å². The maximum Gasteiger partial charge on any atom is 0.514 e. The highest BCUT2D eigenvalue weighted by atomic mass is 16.7. The largest absolute Gasteiger partial charge is 0.514 e. The van der Waals surface area contributed by atoms with Crippen molar-refractivity contribution in [2.75, 3.05) is 0 Å². The highest BCUT2D eigenvalue weighted by molar-refractivity contribution is 5.77. The van der Waals surface area contributed by atoms with Gasteiger partial charge in [-0.15, -0.1) is 0 Å². The number of hydrogen-bond donors (Lipinski definition) is 1. The lowest BCUT2D eigenvalue weighted by Crippen LogP contribution is -2.43. The molecule has 1 aromatic carbocycles. The van der Waals surface area contributed by atoms with Crippen LogP contribution in [-0.4, -0.2) is 35.5 Å². The predicted octanol–water partition coefficient (Wildman–Crippen LogP) is 5.52. The fraction of sp³-hybridized carbons (Fsp3) is 0.630. The zero-order valence-corrected chi connectivity index (χ0v) is 21.3. The maximum atomic E-state index is 13.2. The number of esters is 1. The van der Waals surface area contributed by atoms with E-state index < -0.39 is 23.4 Å². The third kappa shape index (κ3) is 8.92. The molecule has 2 aliphatic rings. The number of carbonyl (C=O) groups is 2. The zero-order chi connectivity index (χ0) is 25.1. The molecule has 1 atom stereocenters. The zero-order valence-electron chi connectivity index (χ0n) is 21.3. The molecule has 34 heavy (non-hydrogen) atoms. The molecule has 1 N–H and O–H groups in total. The van der Waals surface area contributed by atoms with Crippen molar-refractivity contribution in [3.8, 4) is 5.75 Å². The van der Waals surface area contributed by atoms with Gasteiger partial charge < -0.3 is 24.3 Å². The summed E-state index contributed by atoms with van der Waals surface area (Å²) in [6.07, 6.45) is 4.15. The quantitative estimate of drug-likeness (QED) is 0.272. The SMILES string of the molecule is C=C(N[C@H](Cc1ccc(OC(=O)OC(C)(C)C)cc1)C(=O)OC(C1CC1)C1CC1)OC(C)(C)C. The minimum absolute atomic E-state index is 0.0122. The molecule has 0 aliphatic heterocycles. The normalized spacial score (nSPS) is 17.0. The Morgan fingerprint density at radius 3 is 1.94 bits per heavy atom. The summed E-state index contributed by atoms with van der Waals surface area (Å²) in [6, 6.07) is 6.34. The topological polar surface area (TPSA) is 83.1 Å². The molecule has 1 aromatic rings. The Labute approximate surface area is 203 Å². The van der Waals surface area contributed by atoms with E-state index in [1.807, 2.05) is 32.9 Å². The van der Waals surface area contributed by atoms with Crippen LogP contribution >= 0.6 is 0 Å². The van der Waals surface area contributed by atoms with Crippen molar-refractivity contribution in [2.24, 2.45) is 11.8 Å². The van der Waals surface area contributed by atoms with Crippen LogP contribution in [0.5, 0.6) is 5.75 Å². The van der Waals surface area contributed by atoms with Gasteiger partial charge in [0.2, 0.25) is 0 Å². The molecule has 0 bridgehead atoms. The summed E-state index contributed by atoms with van der Waals surface area (Å²) in [4.78, 5) is 25.1. The summed E-state index contributed by atoms with van der Waals surface area (Å²) < 4.78 is 22.2. The molecule has 7 heteroatoms. The van der Waals surface area contributed by atoms with E-state index in [1.54, 1.807) is 32.9 Å². The summed E-state index contributed by atoms with van der Waals surface area (Å²) in [5.74, 6) is 1.39. The number of benzene rings is 1. The third-order valence-electron chi connectivity index (χ3n) is 5.43. The van der Waals surface area contributed by atoms with Crippen LogP contribution < -0.4 is 10.1 Å². The first-order valence-electron chi connectivity index (χ1n) is 12.1. The summed E-state index contributed by atoms with van der Waals surface area (Å²) in [5.41, 5.74) is -0.194. The van der Waals surface area contributed by atoms with Crippen LogP contribution in [0.4, 0.5) is 4.79 Å². The average molecular weight is 474 g/mol. The van der Waals surface area contributed by atoms with Gasteiger partial charge in [-0.05, 0) is 103 Å². The Hall–Kier alpha value is -2.70. The number of hydrogen-bond acceptors (Lipinski definition) is 7. The smallest absolute Gasteiger partial charge is 0.474 e. The van der Waals surface area contributed by atoms with Gasteiger partial charge in [0, 0.05) is 6.42 Å². The highest BCUT2D eigenvalue weighted by Crippen LogP contribution is 2.46. The lowest BCUT2D eigenvalue weighted by atomic mass is 10.1. The van der Waals surface area contributed by atoms with Crippen molar-refractivity contribution < 1.29 is 28.5 Å². The standard InChI is InChI=1S/C27H39NO6/c1-17(33-26(2,3)4)28-22(24(29)32-23(19-10-11-19)20-12-13-20)16-18-8-14-21(15-9-18)31-25(30)34-27(5,6)7/h8-9,14-15,19-20,22-23,28H,1,10-13,16H2,2-7H3/t22-/m1/s1. The Morgan fingerprint density at radius 1 is 0.941 bits per heavy atom. The molecule has 0 spiro atoms. The number of carbonyl (C=O) groups excluding carboxylic acids is 2. The fourth-order valence-electron chi connectivity index (χ4n) is 3.73. The van der Waals surface area contributed by atoms with E-state index in [2.05, 4.69) is 11.9 Å². The molecule has 0 radical (unpaired) electrons. The van der Waals surface area contributed by atoms with Crippen LogP contribution in [-0.2, 0) is 25.4 Å². The van der Waals surface area contributed by atoms with E-state index in [9.17, 15) is 9.59 Å². The van der Waals surface area contributed by atoms with Crippen LogP contribution in [0.3, 0.4) is 0 Å². The first kappa shape index (κ1) is 25.9. The van der Waals surface area contributed by atoms with Crippen LogP contribution in [0.15, 0.2) is 36.7 Å². The van der Waals surface area contributed by atoms with Crippen LogP contribution in [0.25, 0.3) is 0 Å². The second-order valence-corrected chi connectivity index (χ2v) is 11.3. The molecule has 0 amide bonds. The summed E-state index contributed by atoms with van der Waals surface area (Å²) in [6.45, 7) is 15.0. The van der Waals surface area contributed by atoms with E-state index in [-0.39, 0.29) is 12.1 Å². The molecule has 0 aromatic heterocycles. The monoisotopic (exact) mass is 473 g/mol. The van der Waals surface area contributed by atoms with Gasteiger partial charge in [0.1, 0.15) is 29.1 Å². The number of rotatable bonds is 10. The van der Waals surface area contributed by atoms with Crippen molar-refractivity contribution >= 4 is 12.1 Å². The van der Waals surface area contributed by atoms with Gasteiger partial charge in [0.25, 0.3) is 0 Å². The summed E-state index contributed by atoms with van der Waals surface area (Å²) in [5, 5.41) is 3.12. The van der Waals surface area contributed by atoms with E-state index >= 15 is 0 Å². The first-order chi connectivity index (χ1) is 15.8. The van der Waals surface area contributed by atoms with Gasteiger partial charge in [-0.25, -0.2) is 9.59 Å². The Morgan fingerprint density at radius 2 is 1.47 bits per heavy atom. The third-order valence-corrected chi connectivity index (χ3v) is 5.43. The molecule has 2 fully saturated rings. The molecule has 7 nitrogen and oxygen atoms in total. The van der Waals surface area contributed by atoms with Gasteiger partial charge in [0.05, 0.1) is 0 Å². The van der Waals surface area contributed by atoms with E-state index in [4.69, 9.17) is 18.9 Å². The minimum atomic E-state index is -0.759.